The van der Waals surface area contributed by atoms with Gasteiger partial charge in [-0.1, -0.05) is 39.3 Å². The Balaban J connectivity index is 2.62. The maximum Gasteiger partial charge on any atom is 0.160 e. The lowest BCUT2D eigenvalue weighted by atomic mass is 9.95. The van der Waals surface area contributed by atoms with E-state index in [4.69, 9.17) is 22.3 Å². The molecule has 0 spiro atoms. The summed E-state index contributed by atoms with van der Waals surface area (Å²) in [5, 5.41) is 0.609. The SMILES string of the molecule is CCC(N)Cn1c(C(C)(C)C)nc2cc(Cl)cnc21. The van der Waals surface area contributed by atoms with E-state index in [2.05, 4.69) is 37.2 Å². The van der Waals surface area contributed by atoms with Crippen molar-refractivity contribution in [3.63, 3.8) is 0 Å². The second kappa shape index (κ2) is 5.10. The Morgan fingerprint density at radius 3 is 2.68 bits per heavy atom. The zero-order valence-corrected chi connectivity index (χ0v) is 12.7. The van der Waals surface area contributed by atoms with Crippen LogP contribution in [0.4, 0.5) is 0 Å². The molecule has 0 aromatic carbocycles. The Hall–Kier alpha value is -1.13. The van der Waals surface area contributed by atoms with Crippen molar-refractivity contribution in [2.24, 2.45) is 5.73 Å². The van der Waals surface area contributed by atoms with E-state index in [1.54, 1.807) is 6.20 Å². The van der Waals surface area contributed by atoms with Crippen LogP contribution in [0.1, 0.15) is 39.9 Å². The lowest BCUT2D eigenvalue weighted by Crippen LogP contribution is -2.29. The van der Waals surface area contributed by atoms with Crippen molar-refractivity contribution in [3.05, 3.63) is 23.1 Å². The van der Waals surface area contributed by atoms with Gasteiger partial charge in [0.25, 0.3) is 0 Å². The number of imidazole rings is 1. The third-order valence-electron chi connectivity index (χ3n) is 3.16. The lowest BCUT2D eigenvalue weighted by molar-refractivity contribution is 0.467. The molecule has 0 aliphatic heterocycles. The van der Waals surface area contributed by atoms with Gasteiger partial charge in [-0.2, -0.15) is 0 Å². The Morgan fingerprint density at radius 2 is 2.11 bits per heavy atom. The Labute approximate surface area is 119 Å². The van der Waals surface area contributed by atoms with E-state index in [1.165, 1.54) is 0 Å². The molecule has 2 aromatic heterocycles. The van der Waals surface area contributed by atoms with Gasteiger partial charge in [0.2, 0.25) is 0 Å². The highest BCUT2D eigenvalue weighted by atomic mass is 35.5. The van der Waals surface area contributed by atoms with E-state index in [0.717, 1.165) is 30.0 Å². The van der Waals surface area contributed by atoms with Crippen LogP contribution in [0.15, 0.2) is 12.3 Å². The quantitative estimate of drug-likeness (QED) is 0.940. The third-order valence-corrected chi connectivity index (χ3v) is 3.37. The minimum absolute atomic E-state index is 0.0549. The average molecular weight is 281 g/mol. The van der Waals surface area contributed by atoms with Crippen molar-refractivity contribution in [2.45, 2.75) is 52.1 Å². The van der Waals surface area contributed by atoms with Crippen LogP contribution in [0.25, 0.3) is 11.2 Å². The number of aromatic nitrogens is 3. The summed E-state index contributed by atoms with van der Waals surface area (Å²) in [5.41, 5.74) is 7.73. The van der Waals surface area contributed by atoms with Crippen LogP contribution < -0.4 is 5.73 Å². The van der Waals surface area contributed by atoms with E-state index in [-0.39, 0.29) is 11.5 Å². The standard InChI is InChI=1S/C14H21ClN4/c1-5-10(16)8-19-12-11(6-9(15)7-17-12)18-13(19)14(2,3)4/h6-7,10H,5,8,16H2,1-4H3. The molecule has 2 aromatic rings. The van der Waals surface area contributed by atoms with E-state index >= 15 is 0 Å². The fourth-order valence-corrected chi connectivity index (χ4v) is 2.25. The lowest BCUT2D eigenvalue weighted by Gasteiger charge is -2.21. The maximum atomic E-state index is 6.09. The molecule has 4 nitrogen and oxygen atoms in total. The first kappa shape index (κ1) is 14.3. The molecule has 1 unspecified atom stereocenters. The number of nitrogens with two attached hydrogens (primary N) is 1. The second-order valence-corrected chi connectivity index (χ2v) is 6.40. The third kappa shape index (κ3) is 2.90. The molecular formula is C14H21ClN4. The van der Waals surface area contributed by atoms with Gasteiger partial charge < -0.3 is 10.3 Å². The van der Waals surface area contributed by atoms with Crippen molar-refractivity contribution in [1.29, 1.82) is 0 Å². The summed E-state index contributed by atoms with van der Waals surface area (Å²) in [6.45, 7) is 9.25. The van der Waals surface area contributed by atoms with Crippen molar-refractivity contribution >= 4 is 22.8 Å². The van der Waals surface area contributed by atoms with Gasteiger partial charge in [-0.05, 0) is 12.5 Å². The molecule has 2 rings (SSSR count). The number of pyridine rings is 1. The number of hydrogen-bond donors (Lipinski definition) is 1. The van der Waals surface area contributed by atoms with E-state index in [9.17, 15) is 0 Å². The minimum atomic E-state index is -0.0549. The average Bonchev–Trinajstić information content (AvgIpc) is 2.67. The summed E-state index contributed by atoms with van der Waals surface area (Å²) in [6.07, 6.45) is 2.59. The minimum Gasteiger partial charge on any atom is -0.326 e. The zero-order chi connectivity index (χ0) is 14.2. The molecule has 104 valence electrons. The molecule has 0 saturated carbocycles. The van der Waals surface area contributed by atoms with Gasteiger partial charge in [-0.3, -0.25) is 0 Å². The molecule has 0 amide bonds. The first-order chi connectivity index (χ1) is 8.82. The molecular weight excluding hydrogens is 260 g/mol. The van der Waals surface area contributed by atoms with Crippen LogP contribution in [0.5, 0.6) is 0 Å². The van der Waals surface area contributed by atoms with E-state index < -0.39 is 0 Å². The van der Waals surface area contributed by atoms with Gasteiger partial charge >= 0.3 is 0 Å². The molecule has 0 aliphatic carbocycles. The fourth-order valence-electron chi connectivity index (χ4n) is 2.10. The smallest absolute Gasteiger partial charge is 0.160 e. The molecule has 0 bridgehead atoms. The molecule has 0 fully saturated rings. The van der Waals surface area contributed by atoms with E-state index in [1.807, 2.05) is 6.07 Å². The molecule has 19 heavy (non-hydrogen) atoms. The van der Waals surface area contributed by atoms with Crippen molar-refractivity contribution in [2.75, 3.05) is 0 Å². The van der Waals surface area contributed by atoms with Gasteiger partial charge in [0, 0.05) is 24.2 Å². The van der Waals surface area contributed by atoms with Crippen LogP contribution in [0.2, 0.25) is 5.02 Å². The normalized spacial score (nSPS) is 14.0. The largest absolute Gasteiger partial charge is 0.326 e. The zero-order valence-electron chi connectivity index (χ0n) is 11.9. The van der Waals surface area contributed by atoms with E-state index in [0.29, 0.717) is 5.02 Å². The van der Waals surface area contributed by atoms with Gasteiger partial charge in [-0.15, -0.1) is 0 Å². The Morgan fingerprint density at radius 1 is 1.42 bits per heavy atom. The molecule has 0 radical (unpaired) electrons. The topological polar surface area (TPSA) is 56.7 Å². The molecule has 0 aliphatic rings. The predicted molar refractivity (Wildman–Crippen MR) is 79.5 cm³/mol. The predicted octanol–water partition coefficient (Wildman–Crippen LogP) is 3.12. The summed E-state index contributed by atoms with van der Waals surface area (Å²) < 4.78 is 2.12. The molecule has 2 N–H and O–H groups in total. The number of fused-ring (bicyclic) bond motifs is 1. The van der Waals surface area contributed by atoms with Crippen molar-refractivity contribution in [3.8, 4) is 0 Å². The highest BCUT2D eigenvalue weighted by Gasteiger charge is 2.24. The number of nitrogens with zero attached hydrogens (tertiary/aromatic N) is 3. The van der Waals surface area contributed by atoms with Crippen LogP contribution >= 0.6 is 11.6 Å². The monoisotopic (exact) mass is 280 g/mol. The molecule has 5 heteroatoms. The first-order valence-corrected chi connectivity index (χ1v) is 6.98. The number of hydrogen-bond acceptors (Lipinski definition) is 3. The van der Waals surface area contributed by atoms with Gasteiger partial charge in [0.15, 0.2) is 5.65 Å². The fraction of sp³-hybridized carbons (Fsp3) is 0.571. The van der Waals surface area contributed by atoms with Gasteiger partial charge in [0.1, 0.15) is 11.3 Å². The highest BCUT2D eigenvalue weighted by Crippen LogP contribution is 2.26. The highest BCUT2D eigenvalue weighted by molar-refractivity contribution is 6.31. The van der Waals surface area contributed by atoms with Crippen molar-refractivity contribution in [1.82, 2.24) is 14.5 Å². The maximum absolute atomic E-state index is 6.09. The van der Waals surface area contributed by atoms with Crippen LogP contribution in [-0.2, 0) is 12.0 Å². The van der Waals surface area contributed by atoms with Crippen molar-refractivity contribution < 1.29 is 0 Å². The van der Waals surface area contributed by atoms with Gasteiger partial charge in [-0.25, -0.2) is 9.97 Å². The molecule has 0 saturated heterocycles. The van der Waals surface area contributed by atoms with Gasteiger partial charge in [0.05, 0.1) is 5.02 Å². The Kier molecular flexibility index (Phi) is 3.83. The number of rotatable bonds is 3. The van der Waals surface area contributed by atoms with Crippen LogP contribution in [0, 0.1) is 0 Å². The number of halogens is 1. The molecule has 2 heterocycles. The van der Waals surface area contributed by atoms with Crippen LogP contribution in [0.3, 0.4) is 0 Å². The summed E-state index contributed by atoms with van der Waals surface area (Å²) in [4.78, 5) is 9.11. The van der Waals surface area contributed by atoms with Crippen LogP contribution in [-0.4, -0.2) is 20.6 Å². The summed E-state index contributed by atoms with van der Waals surface area (Å²) >= 11 is 5.99. The Bertz CT molecular complexity index is 583. The summed E-state index contributed by atoms with van der Waals surface area (Å²) in [7, 11) is 0. The summed E-state index contributed by atoms with van der Waals surface area (Å²) in [6, 6.07) is 1.96. The first-order valence-electron chi connectivity index (χ1n) is 6.60. The molecule has 1 atom stereocenters. The summed E-state index contributed by atoms with van der Waals surface area (Å²) in [5.74, 6) is 1.00. The second-order valence-electron chi connectivity index (χ2n) is 5.96.